The smallest absolute Gasteiger partial charge is 0.157 e. The van der Waals surface area contributed by atoms with Gasteiger partial charge in [0.25, 0.3) is 0 Å². The Morgan fingerprint density at radius 1 is 1.56 bits per heavy atom. The zero-order valence-corrected chi connectivity index (χ0v) is 12.8. The van der Waals surface area contributed by atoms with Crippen molar-refractivity contribution in [2.75, 3.05) is 6.61 Å². The third-order valence-corrected chi connectivity index (χ3v) is 3.98. The summed E-state index contributed by atoms with van der Waals surface area (Å²) in [5.41, 5.74) is 0. The molecule has 3 unspecified atom stereocenters. The predicted octanol–water partition coefficient (Wildman–Crippen LogP) is 3.17. The van der Waals surface area contributed by atoms with E-state index in [-0.39, 0.29) is 12.2 Å². The van der Waals surface area contributed by atoms with Gasteiger partial charge in [0.2, 0.25) is 0 Å². The average molecular weight is 317 g/mol. The lowest BCUT2D eigenvalue weighted by atomic mass is 9.91. The van der Waals surface area contributed by atoms with Crippen LogP contribution >= 0.6 is 15.9 Å². The van der Waals surface area contributed by atoms with Crippen LogP contribution in [0.2, 0.25) is 0 Å². The van der Waals surface area contributed by atoms with Crippen LogP contribution in [0.3, 0.4) is 0 Å². The molecule has 1 aromatic rings. The highest BCUT2D eigenvalue weighted by Crippen LogP contribution is 2.34. The van der Waals surface area contributed by atoms with E-state index in [4.69, 9.17) is 9.47 Å². The molecule has 1 aliphatic carbocycles. The second-order valence-electron chi connectivity index (χ2n) is 4.99. The van der Waals surface area contributed by atoms with Gasteiger partial charge in [-0.1, -0.05) is 22.9 Å². The van der Waals surface area contributed by atoms with Crippen molar-refractivity contribution in [3.8, 4) is 5.75 Å². The fourth-order valence-electron chi connectivity index (χ4n) is 1.95. The summed E-state index contributed by atoms with van der Waals surface area (Å²) in [4.78, 5) is 0.411. The van der Waals surface area contributed by atoms with Gasteiger partial charge < -0.3 is 9.47 Å². The van der Waals surface area contributed by atoms with Crippen molar-refractivity contribution in [1.29, 1.82) is 0 Å². The SMILES string of the molecule is CCCOC1C(Br)CC1Oc1cnn(C(C)C)c1. The summed E-state index contributed by atoms with van der Waals surface area (Å²) in [6.45, 7) is 7.10. The molecule has 5 heteroatoms. The number of nitrogens with zero attached hydrogens (tertiary/aromatic N) is 2. The minimum Gasteiger partial charge on any atom is -0.484 e. The Bertz CT molecular complexity index is 381. The molecule has 2 rings (SSSR count). The van der Waals surface area contributed by atoms with Gasteiger partial charge in [0.05, 0.1) is 12.4 Å². The van der Waals surface area contributed by atoms with Gasteiger partial charge in [-0.15, -0.1) is 0 Å². The molecular weight excluding hydrogens is 296 g/mol. The van der Waals surface area contributed by atoms with Crippen LogP contribution in [0.25, 0.3) is 0 Å². The number of hydrogen-bond acceptors (Lipinski definition) is 3. The number of rotatable bonds is 6. The Morgan fingerprint density at radius 3 is 2.89 bits per heavy atom. The maximum Gasteiger partial charge on any atom is 0.157 e. The van der Waals surface area contributed by atoms with Crippen LogP contribution in [0.1, 0.15) is 39.7 Å². The Morgan fingerprint density at radius 2 is 2.33 bits per heavy atom. The molecule has 1 aromatic heterocycles. The monoisotopic (exact) mass is 316 g/mol. The van der Waals surface area contributed by atoms with Gasteiger partial charge in [-0.3, -0.25) is 4.68 Å². The van der Waals surface area contributed by atoms with Gasteiger partial charge in [-0.25, -0.2) is 0 Å². The van der Waals surface area contributed by atoms with Crippen molar-refractivity contribution in [3.05, 3.63) is 12.4 Å². The average Bonchev–Trinajstić information content (AvgIpc) is 2.77. The summed E-state index contributed by atoms with van der Waals surface area (Å²) >= 11 is 3.61. The third kappa shape index (κ3) is 3.06. The van der Waals surface area contributed by atoms with Crippen LogP contribution in [-0.2, 0) is 4.74 Å². The summed E-state index contributed by atoms with van der Waals surface area (Å²) in [6, 6.07) is 0.361. The molecule has 1 fully saturated rings. The number of alkyl halides is 1. The van der Waals surface area contributed by atoms with Crippen molar-refractivity contribution in [3.63, 3.8) is 0 Å². The molecular formula is C13H21BrN2O2. The predicted molar refractivity (Wildman–Crippen MR) is 74.4 cm³/mol. The zero-order valence-electron chi connectivity index (χ0n) is 11.2. The molecule has 4 nitrogen and oxygen atoms in total. The molecule has 0 saturated heterocycles. The molecule has 0 aliphatic heterocycles. The third-order valence-electron chi connectivity index (χ3n) is 3.09. The topological polar surface area (TPSA) is 36.3 Å². The van der Waals surface area contributed by atoms with Crippen molar-refractivity contribution in [1.82, 2.24) is 9.78 Å². The molecule has 0 radical (unpaired) electrons. The van der Waals surface area contributed by atoms with Gasteiger partial charge in [0, 0.05) is 23.9 Å². The molecule has 3 atom stereocenters. The first kappa shape index (κ1) is 13.9. The molecule has 18 heavy (non-hydrogen) atoms. The Balaban J connectivity index is 1.88. The van der Waals surface area contributed by atoms with Crippen LogP contribution in [0.5, 0.6) is 5.75 Å². The van der Waals surface area contributed by atoms with Crippen LogP contribution < -0.4 is 4.74 Å². The Hall–Kier alpha value is -0.550. The van der Waals surface area contributed by atoms with Crippen LogP contribution in [0.15, 0.2) is 12.4 Å². The summed E-state index contributed by atoms with van der Waals surface area (Å²) < 4.78 is 13.6. The molecule has 0 spiro atoms. The quantitative estimate of drug-likeness (QED) is 0.756. The molecule has 0 bridgehead atoms. The van der Waals surface area contributed by atoms with Crippen molar-refractivity contribution in [2.45, 2.75) is 56.7 Å². The lowest BCUT2D eigenvalue weighted by Gasteiger charge is -2.40. The summed E-state index contributed by atoms with van der Waals surface area (Å²) in [5.74, 6) is 0.832. The maximum absolute atomic E-state index is 5.92. The molecule has 0 aromatic carbocycles. The van der Waals surface area contributed by atoms with E-state index in [9.17, 15) is 0 Å². The van der Waals surface area contributed by atoms with Gasteiger partial charge >= 0.3 is 0 Å². The molecule has 0 N–H and O–H groups in total. The van der Waals surface area contributed by atoms with Crippen molar-refractivity contribution < 1.29 is 9.47 Å². The standard InChI is InChI=1S/C13H21BrN2O2/c1-4-5-17-13-11(14)6-12(13)18-10-7-15-16(8-10)9(2)3/h7-9,11-13H,4-6H2,1-3H3. The number of halogens is 1. The summed E-state index contributed by atoms with van der Waals surface area (Å²) in [6.07, 6.45) is 6.05. The molecule has 1 aliphatic rings. The highest BCUT2D eigenvalue weighted by Gasteiger charge is 2.42. The van der Waals surface area contributed by atoms with Crippen LogP contribution in [0, 0.1) is 0 Å². The Kier molecular flexibility index (Phi) is 4.67. The summed E-state index contributed by atoms with van der Waals surface area (Å²) in [7, 11) is 0. The normalized spacial score (nSPS) is 27.3. The number of ether oxygens (including phenoxy) is 2. The first-order valence-electron chi connectivity index (χ1n) is 6.58. The lowest BCUT2D eigenvalue weighted by Crippen LogP contribution is -2.52. The minimum absolute atomic E-state index is 0.144. The first-order chi connectivity index (χ1) is 8.61. The van der Waals surface area contributed by atoms with Crippen LogP contribution in [-0.4, -0.2) is 33.4 Å². The highest BCUT2D eigenvalue weighted by molar-refractivity contribution is 9.09. The van der Waals surface area contributed by atoms with E-state index in [0.717, 1.165) is 25.2 Å². The minimum atomic E-state index is 0.144. The fraction of sp³-hybridized carbons (Fsp3) is 0.769. The largest absolute Gasteiger partial charge is 0.484 e. The number of aromatic nitrogens is 2. The van der Waals surface area contributed by atoms with Gasteiger partial charge in [-0.05, 0) is 20.3 Å². The second-order valence-corrected chi connectivity index (χ2v) is 6.17. The Labute approximate surface area is 117 Å². The van der Waals surface area contributed by atoms with Crippen molar-refractivity contribution >= 4 is 15.9 Å². The maximum atomic E-state index is 5.92. The van der Waals surface area contributed by atoms with E-state index in [1.807, 2.05) is 10.9 Å². The van der Waals surface area contributed by atoms with E-state index in [0.29, 0.717) is 10.9 Å². The number of hydrogen-bond donors (Lipinski definition) is 0. The second kappa shape index (κ2) is 6.06. The van der Waals surface area contributed by atoms with Gasteiger partial charge in [-0.2, -0.15) is 5.10 Å². The fourth-order valence-corrected chi connectivity index (χ4v) is 2.81. The van der Waals surface area contributed by atoms with Crippen molar-refractivity contribution in [2.24, 2.45) is 0 Å². The lowest BCUT2D eigenvalue weighted by molar-refractivity contribution is -0.0762. The first-order valence-corrected chi connectivity index (χ1v) is 7.50. The molecule has 1 saturated carbocycles. The van der Waals surface area contributed by atoms with Gasteiger partial charge in [0.1, 0.15) is 12.2 Å². The van der Waals surface area contributed by atoms with E-state index < -0.39 is 0 Å². The molecule has 0 amide bonds. The molecule has 1 heterocycles. The molecule has 102 valence electrons. The van der Waals surface area contributed by atoms with E-state index >= 15 is 0 Å². The van der Waals surface area contributed by atoms with E-state index in [2.05, 4.69) is 41.8 Å². The zero-order chi connectivity index (χ0) is 13.1. The van der Waals surface area contributed by atoms with Gasteiger partial charge in [0.15, 0.2) is 5.75 Å². The highest BCUT2D eigenvalue weighted by atomic mass is 79.9. The van der Waals surface area contributed by atoms with E-state index in [1.54, 1.807) is 6.20 Å². The van der Waals surface area contributed by atoms with Crippen LogP contribution in [0.4, 0.5) is 0 Å². The summed E-state index contributed by atoms with van der Waals surface area (Å²) in [5, 5.41) is 4.27. The van der Waals surface area contributed by atoms with E-state index in [1.165, 1.54) is 0 Å².